The third kappa shape index (κ3) is 2.67. The second-order valence-electron chi connectivity index (χ2n) is 4.14. The highest BCUT2D eigenvalue weighted by Crippen LogP contribution is 2.29. The highest BCUT2D eigenvalue weighted by molar-refractivity contribution is 5.62. The Balaban J connectivity index is 2.42. The molecule has 9 nitrogen and oxygen atoms in total. The Morgan fingerprint density at radius 2 is 2.30 bits per heavy atom. The van der Waals surface area contributed by atoms with Gasteiger partial charge in [0.1, 0.15) is 11.5 Å². The van der Waals surface area contributed by atoms with Gasteiger partial charge in [0.25, 0.3) is 0 Å². The maximum absolute atomic E-state index is 11.2. The van der Waals surface area contributed by atoms with Gasteiger partial charge in [-0.3, -0.25) is 15.5 Å². The molecular weight excluding hydrogens is 264 g/mol. The highest BCUT2D eigenvalue weighted by Gasteiger charge is 2.25. The molecule has 0 amide bonds. The summed E-state index contributed by atoms with van der Waals surface area (Å²) in [5.41, 5.74) is 2.37. The van der Waals surface area contributed by atoms with Gasteiger partial charge in [0.2, 0.25) is 11.8 Å². The zero-order valence-corrected chi connectivity index (χ0v) is 11.0. The van der Waals surface area contributed by atoms with Gasteiger partial charge < -0.3 is 9.32 Å². The Morgan fingerprint density at radius 3 is 2.85 bits per heavy atom. The van der Waals surface area contributed by atoms with Crippen LogP contribution in [0.25, 0.3) is 0 Å². The van der Waals surface area contributed by atoms with Crippen molar-refractivity contribution in [2.45, 2.75) is 13.5 Å². The number of hydrogen-bond donors (Lipinski definition) is 2. The predicted molar refractivity (Wildman–Crippen MR) is 72.0 cm³/mol. The topological polar surface area (TPSA) is 123 Å². The molecule has 0 saturated carbocycles. The molecule has 0 atom stereocenters. The number of anilines is 2. The third-order valence-electron chi connectivity index (χ3n) is 2.69. The van der Waals surface area contributed by atoms with Gasteiger partial charge in [0.05, 0.1) is 17.7 Å². The van der Waals surface area contributed by atoms with E-state index in [0.29, 0.717) is 12.3 Å². The van der Waals surface area contributed by atoms with Crippen molar-refractivity contribution in [2.75, 3.05) is 17.4 Å². The van der Waals surface area contributed by atoms with Crippen LogP contribution in [0.2, 0.25) is 0 Å². The zero-order valence-electron chi connectivity index (χ0n) is 11.0. The maximum atomic E-state index is 11.2. The average Bonchev–Trinajstić information content (AvgIpc) is 2.89. The van der Waals surface area contributed by atoms with E-state index in [2.05, 4.69) is 15.4 Å². The number of nitrogens with one attached hydrogen (secondary N) is 1. The van der Waals surface area contributed by atoms with Crippen molar-refractivity contribution in [3.63, 3.8) is 0 Å². The molecule has 2 rings (SSSR count). The molecule has 2 heterocycles. The number of hydrazine groups is 1. The van der Waals surface area contributed by atoms with E-state index in [1.165, 1.54) is 13.2 Å². The van der Waals surface area contributed by atoms with Crippen molar-refractivity contribution in [2.24, 2.45) is 5.84 Å². The SMILES string of the molecule is Cc1nc(NN)nc(N(C)Cc2ccco2)c1[N+](=O)[O-]. The fraction of sp³-hybridized carbons (Fsp3) is 0.273. The lowest BCUT2D eigenvalue weighted by Gasteiger charge is -2.17. The molecule has 2 aromatic rings. The van der Waals surface area contributed by atoms with Crippen molar-refractivity contribution in [1.82, 2.24) is 9.97 Å². The van der Waals surface area contributed by atoms with Gasteiger partial charge in [0, 0.05) is 7.05 Å². The lowest BCUT2D eigenvalue weighted by Crippen LogP contribution is -2.21. The summed E-state index contributed by atoms with van der Waals surface area (Å²) in [5.74, 6) is 6.23. The number of hydrogen-bond acceptors (Lipinski definition) is 8. The van der Waals surface area contributed by atoms with Crippen molar-refractivity contribution in [3.05, 3.63) is 40.0 Å². The summed E-state index contributed by atoms with van der Waals surface area (Å²) < 4.78 is 5.22. The van der Waals surface area contributed by atoms with Crippen LogP contribution in [0.4, 0.5) is 17.5 Å². The first-order valence-corrected chi connectivity index (χ1v) is 5.76. The Bertz CT molecular complexity index is 613. The summed E-state index contributed by atoms with van der Waals surface area (Å²) >= 11 is 0. The Morgan fingerprint density at radius 1 is 1.55 bits per heavy atom. The molecule has 0 aliphatic rings. The van der Waals surface area contributed by atoms with E-state index in [-0.39, 0.29) is 23.1 Å². The minimum atomic E-state index is -0.510. The van der Waals surface area contributed by atoms with Crippen molar-refractivity contribution < 1.29 is 9.34 Å². The summed E-state index contributed by atoms with van der Waals surface area (Å²) in [4.78, 5) is 20.2. The number of aromatic nitrogens is 2. The molecule has 0 aliphatic carbocycles. The van der Waals surface area contributed by atoms with E-state index in [9.17, 15) is 10.1 Å². The van der Waals surface area contributed by atoms with Gasteiger partial charge in [-0.15, -0.1) is 0 Å². The van der Waals surface area contributed by atoms with E-state index >= 15 is 0 Å². The summed E-state index contributed by atoms with van der Waals surface area (Å²) in [6.45, 7) is 1.87. The molecule has 0 radical (unpaired) electrons. The van der Waals surface area contributed by atoms with Crippen LogP contribution in [0.1, 0.15) is 11.5 Å². The quantitative estimate of drug-likeness (QED) is 0.475. The lowest BCUT2D eigenvalue weighted by atomic mass is 10.3. The van der Waals surface area contributed by atoms with E-state index in [0.717, 1.165) is 0 Å². The molecule has 0 saturated heterocycles. The van der Waals surface area contributed by atoms with Crippen LogP contribution in [0.3, 0.4) is 0 Å². The molecular formula is C11H14N6O3. The summed E-state index contributed by atoms with van der Waals surface area (Å²) in [7, 11) is 1.68. The molecule has 2 aromatic heterocycles. The lowest BCUT2D eigenvalue weighted by molar-refractivity contribution is -0.385. The predicted octanol–water partition coefficient (Wildman–Crippen LogP) is 1.21. The van der Waals surface area contributed by atoms with E-state index in [1.807, 2.05) is 0 Å². The fourth-order valence-electron chi connectivity index (χ4n) is 1.81. The summed E-state index contributed by atoms with van der Waals surface area (Å²) in [5, 5.41) is 11.2. The van der Waals surface area contributed by atoms with E-state index in [1.54, 1.807) is 24.1 Å². The minimum absolute atomic E-state index is 0.120. The van der Waals surface area contributed by atoms with Crippen LogP contribution in [-0.4, -0.2) is 21.9 Å². The molecule has 20 heavy (non-hydrogen) atoms. The molecule has 0 aromatic carbocycles. The monoisotopic (exact) mass is 278 g/mol. The average molecular weight is 278 g/mol. The Hall–Kier alpha value is -2.68. The van der Waals surface area contributed by atoms with Gasteiger partial charge in [-0.2, -0.15) is 4.98 Å². The van der Waals surface area contributed by atoms with Crippen molar-refractivity contribution in [3.8, 4) is 0 Å². The third-order valence-corrected chi connectivity index (χ3v) is 2.69. The maximum Gasteiger partial charge on any atom is 0.332 e. The molecule has 3 N–H and O–H groups in total. The second kappa shape index (κ2) is 5.53. The number of rotatable bonds is 5. The molecule has 0 fully saturated rings. The van der Waals surface area contributed by atoms with Crippen LogP contribution in [0, 0.1) is 17.0 Å². The first kappa shape index (κ1) is 13.7. The number of nitrogen functional groups attached to an aromatic ring is 1. The van der Waals surface area contributed by atoms with Crippen LogP contribution in [-0.2, 0) is 6.54 Å². The van der Waals surface area contributed by atoms with Crippen molar-refractivity contribution >= 4 is 17.5 Å². The largest absolute Gasteiger partial charge is 0.467 e. The number of nitro groups is 1. The molecule has 0 aliphatic heterocycles. The number of nitrogens with two attached hydrogens (primary N) is 1. The van der Waals surface area contributed by atoms with Gasteiger partial charge in [-0.25, -0.2) is 10.8 Å². The van der Waals surface area contributed by atoms with E-state index < -0.39 is 4.92 Å². The smallest absolute Gasteiger partial charge is 0.332 e. The van der Waals surface area contributed by atoms with Crippen LogP contribution < -0.4 is 16.2 Å². The molecule has 0 bridgehead atoms. The molecule has 9 heteroatoms. The first-order valence-electron chi connectivity index (χ1n) is 5.76. The number of aryl methyl sites for hydroxylation is 1. The summed E-state index contributed by atoms with van der Waals surface area (Å²) in [6.07, 6.45) is 1.54. The van der Waals surface area contributed by atoms with Crippen LogP contribution >= 0.6 is 0 Å². The van der Waals surface area contributed by atoms with Crippen molar-refractivity contribution in [1.29, 1.82) is 0 Å². The molecule has 0 unspecified atom stereocenters. The van der Waals surface area contributed by atoms with Gasteiger partial charge in [0.15, 0.2) is 0 Å². The van der Waals surface area contributed by atoms with Gasteiger partial charge >= 0.3 is 5.69 Å². The Labute approximate surface area is 114 Å². The normalized spacial score (nSPS) is 10.3. The second-order valence-corrected chi connectivity index (χ2v) is 4.14. The number of furan rings is 1. The van der Waals surface area contributed by atoms with Crippen LogP contribution in [0.15, 0.2) is 22.8 Å². The standard InChI is InChI=1S/C11H14N6O3/c1-7-9(17(18)19)10(14-11(13-7)15-12)16(2)6-8-4-3-5-20-8/h3-5H,6,12H2,1-2H3,(H,13,14,15). The van der Waals surface area contributed by atoms with Gasteiger partial charge in [-0.1, -0.05) is 0 Å². The minimum Gasteiger partial charge on any atom is -0.467 e. The van der Waals surface area contributed by atoms with Crippen LogP contribution in [0.5, 0.6) is 0 Å². The fourth-order valence-corrected chi connectivity index (χ4v) is 1.81. The van der Waals surface area contributed by atoms with Gasteiger partial charge in [-0.05, 0) is 19.1 Å². The van der Waals surface area contributed by atoms with E-state index in [4.69, 9.17) is 10.3 Å². The highest BCUT2D eigenvalue weighted by atomic mass is 16.6. The zero-order chi connectivity index (χ0) is 14.7. The first-order chi connectivity index (χ1) is 9.52. The summed E-state index contributed by atoms with van der Waals surface area (Å²) in [6, 6.07) is 3.52. The molecule has 106 valence electrons. The number of nitrogens with zero attached hydrogens (tertiary/aromatic N) is 4. The Kier molecular flexibility index (Phi) is 3.80. The molecule has 0 spiro atoms.